The number of carbonyl (C=O) groups excluding carboxylic acids is 1. The van der Waals surface area contributed by atoms with Crippen molar-refractivity contribution >= 4 is 14.3 Å². The normalized spacial score (nSPS) is 11.6. The Morgan fingerprint density at radius 2 is 1.33 bits per heavy atom. The molecule has 0 aliphatic heterocycles. The molecule has 0 fully saturated rings. The van der Waals surface area contributed by atoms with E-state index in [0.717, 1.165) is 24.6 Å². The summed E-state index contributed by atoms with van der Waals surface area (Å²) < 4.78 is 5.81. The minimum atomic E-state index is -1.71. The molecule has 2 nitrogen and oxygen atoms in total. The summed E-state index contributed by atoms with van der Waals surface area (Å²) in [5.74, 6) is 0.0581. The molecule has 0 aliphatic carbocycles. The Morgan fingerprint density at radius 1 is 0.833 bits per heavy atom. The summed E-state index contributed by atoms with van der Waals surface area (Å²) in [5.41, 5.74) is 0. The smallest absolute Gasteiger partial charge is 0.292 e. The van der Waals surface area contributed by atoms with Gasteiger partial charge in [0.15, 0.2) is 0 Å². The zero-order chi connectivity index (χ0) is 13.9. The second kappa shape index (κ2) is 10.6. The van der Waals surface area contributed by atoms with E-state index in [2.05, 4.69) is 27.7 Å². The van der Waals surface area contributed by atoms with E-state index < -0.39 is 8.32 Å². The molecule has 0 saturated carbocycles. The average molecular weight is 273 g/mol. The van der Waals surface area contributed by atoms with Gasteiger partial charge in [0.25, 0.3) is 14.3 Å². The standard InChI is InChI=1S/C15H32O2Si/c1-5-9-10-11-12-13-14-15(16)17-18(6-2,7-3)8-4/h5-14H2,1-4H3. The van der Waals surface area contributed by atoms with Crippen LogP contribution in [0.2, 0.25) is 18.1 Å². The SMILES string of the molecule is CCCCCCCCC(=O)O[Si](CC)(CC)CC. The first kappa shape index (κ1) is 17.7. The van der Waals surface area contributed by atoms with Gasteiger partial charge in [0, 0.05) is 6.42 Å². The van der Waals surface area contributed by atoms with Crippen LogP contribution in [0.3, 0.4) is 0 Å². The van der Waals surface area contributed by atoms with Gasteiger partial charge >= 0.3 is 0 Å². The first-order valence-corrected chi connectivity index (χ1v) is 10.4. The quantitative estimate of drug-likeness (QED) is 0.377. The molecule has 0 spiro atoms. The topological polar surface area (TPSA) is 26.3 Å². The second-order valence-electron chi connectivity index (χ2n) is 5.24. The number of hydrogen-bond acceptors (Lipinski definition) is 2. The Morgan fingerprint density at radius 3 is 1.83 bits per heavy atom. The van der Waals surface area contributed by atoms with Gasteiger partial charge in [-0.05, 0) is 24.6 Å². The average Bonchev–Trinajstić information content (AvgIpc) is 2.40. The summed E-state index contributed by atoms with van der Waals surface area (Å²) in [4.78, 5) is 11.8. The summed E-state index contributed by atoms with van der Waals surface area (Å²) in [6.45, 7) is 8.72. The third-order valence-electron chi connectivity index (χ3n) is 4.00. The molecule has 0 heterocycles. The fraction of sp³-hybridized carbons (Fsp3) is 0.933. The van der Waals surface area contributed by atoms with Gasteiger partial charge in [-0.15, -0.1) is 0 Å². The number of unbranched alkanes of at least 4 members (excludes halogenated alkanes) is 5. The fourth-order valence-corrected chi connectivity index (χ4v) is 4.83. The molecule has 0 atom stereocenters. The summed E-state index contributed by atoms with van der Waals surface area (Å²) in [6.07, 6.45) is 7.98. The van der Waals surface area contributed by atoms with Gasteiger partial charge in [-0.3, -0.25) is 4.79 Å². The maximum atomic E-state index is 11.8. The minimum Gasteiger partial charge on any atom is -0.519 e. The Hall–Kier alpha value is -0.313. The Bertz CT molecular complexity index is 204. The highest BCUT2D eigenvalue weighted by Gasteiger charge is 2.32. The third-order valence-corrected chi connectivity index (χ3v) is 8.52. The van der Waals surface area contributed by atoms with E-state index >= 15 is 0 Å². The molecular weight excluding hydrogens is 240 g/mol. The van der Waals surface area contributed by atoms with E-state index in [1.807, 2.05) is 0 Å². The van der Waals surface area contributed by atoms with Crippen molar-refractivity contribution in [1.29, 1.82) is 0 Å². The highest BCUT2D eigenvalue weighted by molar-refractivity contribution is 6.74. The summed E-state index contributed by atoms with van der Waals surface area (Å²) in [7, 11) is -1.71. The molecule has 108 valence electrons. The van der Waals surface area contributed by atoms with Crippen LogP contribution in [0.25, 0.3) is 0 Å². The third kappa shape index (κ3) is 7.19. The summed E-state index contributed by atoms with van der Waals surface area (Å²) >= 11 is 0. The number of rotatable bonds is 11. The van der Waals surface area contributed by atoms with Crippen molar-refractivity contribution < 1.29 is 9.22 Å². The van der Waals surface area contributed by atoms with Crippen LogP contribution in [-0.2, 0) is 9.22 Å². The molecule has 0 bridgehead atoms. The van der Waals surface area contributed by atoms with Crippen LogP contribution in [0.5, 0.6) is 0 Å². The maximum absolute atomic E-state index is 11.8. The van der Waals surface area contributed by atoms with Gasteiger partial charge in [0.1, 0.15) is 0 Å². The van der Waals surface area contributed by atoms with Crippen LogP contribution in [0.15, 0.2) is 0 Å². The first-order chi connectivity index (χ1) is 8.64. The van der Waals surface area contributed by atoms with Crippen molar-refractivity contribution in [2.45, 2.75) is 90.8 Å². The molecule has 0 aromatic carbocycles. The van der Waals surface area contributed by atoms with Crippen LogP contribution >= 0.6 is 0 Å². The molecule has 0 N–H and O–H groups in total. The highest BCUT2D eigenvalue weighted by Crippen LogP contribution is 2.22. The van der Waals surface area contributed by atoms with Crippen molar-refractivity contribution in [3.8, 4) is 0 Å². The van der Waals surface area contributed by atoms with Crippen molar-refractivity contribution in [2.24, 2.45) is 0 Å². The number of carbonyl (C=O) groups is 1. The Kier molecular flexibility index (Phi) is 10.4. The van der Waals surface area contributed by atoms with E-state index in [1.165, 1.54) is 32.1 Å². The van der Waals surface area contributed by atoms with Crippen LogP contribution in [-0.4, -0.2) is 14.3 Å². The predicted octanol–water partition coefficient (Wildman–Crippen LogP) is 5.29. The van der Waals surface area contributed by atoms with Gasteiger partial charge in [-0.25, -0.2) is 0 Å². The van der Waals surface area contributed by atoms with Crippen molar-refractivity contribution in [2.75, 3.05) is 0 Å². The van der Waals surface area contributed by atoms with Crippen LogP contribution in [0, 0.1) is 0 Å². The highest BCUT2D eigenvalue weighted by atomic mass is 28.4. The van der Waals surface area contributed by atoms with E-state index in [1.54, 1.807) is 0 Å². The van der Waals surface area contributed by atoms with Crippen molar-refractivity contribution in [3.63, 3.8) is 0 Å². The molecule has 0 amide bonds. The van der Waals surface area contributed by atoms with Crippen molar-refractivity contribution in [3.05, 3.63) is 0 Å². The molecule has 0 unspecified atom stereocenters. The second-order valence-corrected chi connectivity index (χ2v) is 9.93. The van der Waals surface area contributed by atoms with Crippen LogP contribution in [0.4, 0.5) is 0 Å². The van der Waals surface area contributed by atoms with Gasteiger partial charge < -0.3 is 4.43 Å². The Balaban J connectivity index is 3.76. The molecule has 0 aromatic heterocycles. The molecular formula is C15H32O2Si. The molecule has 0 saturated heterocycles. The molecule has 3 heteroatoms. The number of hydrogen-bond donors (Lipinski definition) is 0. The van der Waals surface area contributed by atoms with E-state index in [9.17, 15) is 4.79 Å². The largest absolute Gasteiger partial charge is 0.519 e. The molecule has 0 aliphatic rings. The monoisotopic (exact) mass is 272 g/mol. The lowest BCUT2D eigenvalue weighted by atomic mass is 10.1. The van der Waals surface area contributed by atoms with E-state index in [-0.39, 0.29) is 5.97 Å². The van der Waals surface area contributed by atoms with E-state index in [4.69, 9.17) is 4.43 Å². The fourth-order valence-electron chi connectivity index (χ4n) is 2.31. The zero-order valence-electron chi connectivity index (χ0n) is 12.9. The lowest BCUT2D eigenvalue weighted by molar-refractivity contribution is -0.135. The van der Waals surface area contributed by atoms with Gasteiger partial charge in [0.05, 0.1) is 0 Å². The van der Waals surface area contributed by atoms with Gasteiger partial charge in [-0.2, -0.15) is 0 Å². The predicted molar refractivity (Wildman–Crippen MR) is 81.3 cm³/mol. The summed E-state index contributed by atoms with van der Waals surface area (Å²) in [5, 5.41) is 0. The lowest BCUT2D eigenvalue weighted by Crippen LogP contribution is -2.38. The van der Waals surface area contributed by atoms with E-state index in [0.29, 0.717) is 6.42 Å². The van der Waals surface area contributed by atoms with Gasteiger partial charge in [-0.1, -0.05) is 59.8 Å². The summed E-state index contributed by atoms with van der Waals surface area (Å²) in [6, 6.07) is 3.17. The Labute approximate surface area is 115 Å². The molecule has 0 aromatic rings. The van der Waals surface area contributed by atoms with Crippen LogP contribution in [0.1, 0.15) is 72.6 Å². The van der Waals surface area contributed by atoms with Gasteiger partial charge in [0.2, 0.25) is 0 Å². The molecule has 18 heavy (non-hydrogen) atoms. The van der Waals surface area contributed by atoms with Crippen LogP contribution < -0.4 is 0 Å². The lowest BCUT2D eigenvalue weighted by Gasteiger charge is -2.27. The van der Waals surface area contributed by atoms with Crippen molar-refractivity contribution in [1.82, 2.24) is 0 Å². The zero-order valence-corrected chi connectivity index (χ0v) is 13.9. The molecule has 0 radical (unpaired) electrons. The molecule has 0 rings (SSSR count). The first-order valence-electron chi connectivity index (χ1n) is 7.86. The minimum absolute atomic E-state index is 0.0581. The maximum Gasteiger partial charge on any atom is 0.292 e.